The van der Waals surface area contributed by atoms with Crippen LogP contribution in [0.5, 0.6) is 0 Å². The normalized spacial score (nSPS) is 17.3. The van der Waals surface area contributed by atoms with Gasteiger partial charge in [-0.15, -0.1) is 24.0 Å². The van der Waals surface area contributed by atoms with Gasteiger partial charge in [-0.05, 0) is 26.0 Å². The van der Waals surface area contributed by atoms with Crippen molar-refractivity contribution in [3.8, 4) is 0 Å². The fraction of sp³-hybridized carbons (Fsp3) is 0.579. The van der Waals surface area contributed by atoms with Crippen molar-refractivity contribution in [2.45, 2.75) is 32.6 Å². The van der Waals surface area contributed by atoms with Crippen molar-refractivity contribution in [2.24, 2.45) is 4.99 Å². The van der Waals surface area contributed by atoms with Gasteiger partial charge in [0.1, 0.15) is 11.9 Å². The summed E-state index contributed by atoms with van der Waals surface area (Å²) in [6, 6.07) is 6.59. The molecule has 1 atom stereocenters. The predicted molar refractivity (Wildman–Crippen MR) is 120 cm³/mol. The molecule has 0 spiro atoms. The second kappa shape index (κ2) is 9.96. The van der Waals surface area contributed by atoms with Crippen LogP contribution in [0.15, 0.2) is 29.3 Å². The molecule has 0 saturated carbocycles. The highest BCUT2D eigenvalue weighted by Crippen LogP contribution is 2.25. The lowest BCUT2D eigenvalue weighted by Crippen LogP contribution is -2.56. The predicted octanol–water partition coefficient (Wildman–Crippen LogP) is 3.11. The topological polar surface area (TPSA) is 48.7 Å². The lowest BCUT2D eigenvalue weighted by atomic mass is 10.2. The second-order valence-electron chi connectivity index (χ2n) is 7.01. The average molecular weight is 524 g/mol. The molecule has 1 unspecified atom stereocenters. The summed E-state index contributed by atoms with van der Waals surface area (Å²) in [7, 11) is 1.70. The maximum Gasteiger partial charge on any atom is 0.403 e. The molecule has 1 aliphatic heterocycles. The zero-order chi connectivity index (χ0) is 20.3. The zero-order valence-corrected chi connectivity index (χ0v) is 19.2. The zero-order valence-electron chi connectivity index (χ0n) is 16.9. The minimum Gasteiger partial charge on any atom is -0.354 e. The number of aryl methyl sites for hydroxylation is 1. The number of alkyl halides is 3. The smallest absolute Gasteiger partial charge is 0.354 e. The highest BCUT2D eigenvalue weighted by atomic mass is 127. The third kappa shape index (κ3) is 5.53. The number of hydrogen-bond acceptors (Lipinski definition) is 3. The number of aliphatic imine (C=N–C) groups is 1. The van der Waals surface area contributed by atoms with Gasteiger partial charge in [0.05, 0.1) is 11.0 Å². The van der Waals surface area contributed by atoms with Gasteiger partial charge in [0.15, 0.2) is 5.96 Å². The Morgan fingerprint density at radius 2 is 1.86 bits per heavy atom. The van der Waals surface area contributed by atoms with E-state index in [2.05, 4.69) is 19.9 Å². The van der Waals surface area contributed by atoms with Crippen molar-refractivity contribution in [2.75, 3.05) is 39.8 Å². The van der Waals surface area contributed by atoms with Crippen LogP contribution in [0.25, 0.3) is 11.0 Å². The third-order valence-electron chi connectivity index (χ3n) is 5.31. The van der Waals surface area contributed by atoms with E-state index in [1.54, 1.807) is 7.05 Å². The molecule has 162 valence electrons. The summed E-state index contributed by atoms with van der Waals surface area (Å²) in [6.45, 7) is 6.37. The number of fused-ring (bicyclic) bond motifs is 1. The van der Waals surface area contributed by atoms with E-state index in [1.807, 2.05) is 36.1 Å². The Bertz CT molecular complexity index is 827. The average Bonchev–Trinajstić information content (AvgIpc) is 2.99. The monoisotopic (exact) mass is 524 g/mol. The van der Waals surface area contributed by atoms with Gasteiger partial charge in [-0.3, -0.25) is 9.89 Å². The van der Waals surface area contributed by atoms with Crippen LogP contribution in [0.3, 0.4) is 0 Å². The van der Waals surface area contributed by atoms with Gasteiger partial charge in [-0.25, -0.2) is 4.98 Å². The molecule has 1 fully saturated rings. The molecule has 0 aliphatic carbocycles. The number of rotatable bonds is 4. The van der Waals surface area contributed by atoms with Crippen LogP contribution in [0.4, 0.5) is 13.2 Å². The van der Waals surface area contributed by atoms with E-state index < -0.39 is 12.2 Å². The van der Waals surface area contributed by atoms with E-state index >= 15 is 0 Å². The molecule has 1 N–H and O–H groups in total. The SMILES string of the molecule is CN=C(NCCn1c(C)nc2ccccc21)N1CCN(C(C)C(F)(F)F)CC1.I. The molecular formula is C19H28F3IN6. The minimum atomic E-state index is -4.19. The summed E-state index contributed by atoms with van der Waals surface area (Å²) in [4.78, 5) is 12.4. The molecular weight excluding hydrogens is 496 g/mol. The van der Waals surface area contributed by atoms with Crippen molar-refractivity contribution in [3.05, 3.63) is 30.1 Å². The molecule has 29 heavy (non-hydrogen) atoms. The van der Waals surface area contributed by atoms with Gasteiger partial charge in [-0.1, -0.05) is 12.1 Å². The molecule has 0 amide bonds. The fourth-order valence-electron chi connectivity index (χ4n) is 3.62. The van der Waals surface area contributed by atoms with Crippen LogP contribution in [-0.2, 0) is 6.54 Å². The summed E-state index contributed by atoms with van der Waals surface area (Å²) in [5.74, 6) is 1.68. The first kappa shape index (κ1) is 23.7. The largest absolute Gasteiger partial charge is 0.403 e. The number of nitrogens with one attached hydrogen (secondary N) is 1. The molecule has 2 heterocycles. The molecule has 1 aromatic heterocycles. The second-order valence-corrected chi connectivity index (χ2v) is 7.01. The number of para-hydroxylation sites is 2. The van der Waals surface area contributed by atoms with E-state index in [4.69, 9.17) is 0 Å². The number of piperazine rings is 1. The lowest BCUT2D eigenvalue weighted by molar-refractivity contribution is -0.181. The molecule has 0 radical (unpaired) electrons. The quantitative estimate of drug-likeness (QED) is 0.380. The maximum absolute atomic E-state index is 12.9. The van der Waals surface area contributed by atoms with Crippen LogP contribution in [0, 0.1) is 6.92 Å². The molecule has 6 nitrogen and oxygen atoms in total. The first-order chi connectivity index (χ1) is 13.3. The fourth-order valence-corrected chi connectivity index (χ4v) is 3.62. The molecule has 1 aliphatic rings. The van der Waals surface area contributed by atoms with Gasteiger partial charge >= 0.3 is 6.18 Å². The molecule has 2 aromatic rings. The van der Waals surface area contributed by atoms with E-state index in [0.29, 0.717) is 32.7 Å². The number of nitrogens with zero attached hydrogens (tertiary/aromatic N) is 5. The van der Waals surface area contributed by atoms with Crippen LogP contribution >= 0.6 is 24.0 Å². The Morgan fingerprint density at radius 1 is 1.21 bits per heavy atom. The van der Waals surface area contributed by atoms with Gasteiger partial charge in [0, 0.05) is 46.3 Å². The number of benzene rings is 1. The number of halogens is 4. The number of aromatic nitrogens is 2. The van der Waals surface area contributed by atoms with Crippen molar-refractivity contribution in [3.63, 3.8) is 0 Å². The molecule has 1 saturated heterocycles. The molecule has 10 heteroatoms. The summed E-state index contributed by atoms with van der Waals surface area (Å²) >= 11 is 0. The Labute approximate surface area is 186 Å². The number of guanidine groups is 1. The van der Waals surface area contributed by atoms with E-state index in [9.17, 15) is 13.2 Å². The lowest BCUT2D eigenvalue weighted by Gasteiger charge is -2.39. The Kier molecular flexibility index (Phi) is 8.15. The highest BCUT2D eigenvalue weighted by Gasteiger charge is 2.41. The standard InChI is InChI=1S/C19H27F3N6.HI/c1-14(19(20,21)22)26-10-12-27(13-11-26)18(23-3)24-8-9-28-15(2)25-16-6-4-5-7-17(16)28;/h4-7,14H,8-13H2,1-3H3,(H,23,24);1H. The Balaban J connectivity index is 0.00000300. The molecule has 1 aromatic carbocycles. The van der Waals surface area contributed by atoms with Gasteiger partial charge < -0.3 is 14.8 Å². The minimum absolute atomic E-state index is 0. The van der Waals surface area contributed by atoms with Crippen LogP contribution in [0.1, 0.15) is 12.7 Å². The highest BCUT2D eigenvalue weighted by molar-refractivity contribution is 14.0. The van der Waals surface area contributed by atoms with E-state index in [1.165, 1.54) is 11.8 Å². The number of imidazole rings is 1. The van der Waals surface area contributed by atoms with E-state index in [0.717, 1.165) is 29.4 Å². The van der Waals surface area contributed by atoms with E-state index in [-0.39, 0.29) is 24.0 Å². The number of hydrogen-bond donors (Lipinski definition) is 1. The maximum atomic E-state index is 12.9. The third-order valence-corrected chi connectivity index (χ3v) is 5.31. The van der Waals surface area contributed by atoms with Crippen LogP contribution < -0.4 is 5.32 Å². The van der Waals surface area contributed by atoms with Crippen molar-refractivity contribution in [1.82, 2.24) is 24.7 Å². The first-order valence-corrected chi connectivity index (χ1v) is 9.49. The van der Waals surface area contributed by atoms with Crippen LogP contribution in [-0.4, -0.2) is 77.3 Å². The molecule has 0 bridgehead atoms. The molecule has 3 rings (SSSR count). The van der Waals surface area contributed by atoms with Crippen molar-refractivity contribution in [1.29, 1.82) is 0 Å². The summed E-state index contributed by atoms with van der Waals surface area (Å²) in [5, 5.41) is 3.33. The van der Waals surface area contributed by atoms with Gasteiger partial charge in [-0.2, -0.15) is 13.2 Å². The Hall–Kier alpha value is -1.56. The summed E-state index contributed by atoms with van der Waals surface area (Å²) in [5.41, 5.74) is 2.06. The van der Waals surface area contributed by atoms with Gasteiger partial charge in [0.2, 0.25) is 0 Å². The van der Waals surface area contributed by atoms with Gasteiger partial charge in [0.25, 0.3) is 0 Å². The Morgan fingerprint density at radius 3 is 2.48 bits per heavy atom. The summed E-state index contributed by atoms with van der Waals surface area (Å²) in [6.07, 6.45) is -4.19. The summed E-state index contributed by atoms with van der Waals surface area (Å²) < 4.78 is 40.9. The van der Waals surface area contributed by atoms with Crippen molar-refractivity contribution < 1.29 is 13.2 Å². The van der Waals surface area contributed by atoms with Crippen molar-refractivity contribution >= 4 is 41.0 Å². The first-order valence-electron chi connectivity index (χ1n) is 9.49. The van der Waals surface area contributed by atoms with Crippen LogP contribution in [0.2, 0.25) is 0 Å².